The van der Waals surface area contributed by atoms with Crippen LogP contribution in [-0.2, 0) is 6.42 Å². The molecule has 1 aliphatic rings. The minimum Gasteiger partial charge on any atom is -0.493 e. The van der Waals surface area contributed by atoms with Gasteiger partial charge < -0.3 is 14.6 Å². The van der Waals surface area contributed by atoms with Crippen molar-refractivity contribution in [2.75, 3.05) is 27.3 Å². The first-order valence-electron chi connectivity index (χ1n) is 10.5. The van der Waals surface area contributed by atoms with Crippen LogP contribution in [0.3, 0.4) is 0 Å². The fraction of sp³-hybridized carbons (Fsp3) is 0.545. The monoisotopic (exact) mass is 430 g/mol. The van der Waals surface area contributed by atoms with E-state index in [1.165, 1.54) is 17.8 Å². The van der Waals surface area contributed by atoms with E-state index in [-0.39, 0.29) is 11.9 Å². The van der Waals surface area contributed by atoms with Crippen molar-refractivity contribution in [1.29, 1.82) is 0 Å². The highest BCUT2D eigenvalue weighted by Gasteiger charge is 2.34. The number of aryl methyl sites for hydroxylation is 1. The van der Waals surface area contributed by atoms with Crippen molar-refractivity contribution in [1.82, 2.24) is 19.5 Å². The van der Waals surface area contributed by atoms with Gasteiger partial charge >= 0.3 is 0 Å². The van der Waals surface area contributed by atoms with Gasteiger partial charge in [0.1, 0.15) is 0 Å². The number of rotatable bonds is 6. The molecule has 0 bridgehead atoms. The summed E-state index contributed by atoms with van der Waals surface area (Å²) in [4.78, 5) is 8.62. The molecule has 0 amide bonds. The van der Waals surface area contributed by atoms with Gasteiger partial charge in [-0.15, -0.1) is 5.10 Å². The Labute approximate surface area is 181 Å². The maximum Gasteiger partial charge on any atom is 0.230 e. The SMILES string of the molecule is CCc1nc2sc([C@H](c3ccc(OC)c(OC)c3)N3C[C@H](C)C[C@@H](C)C3)c(O)n2n1. The van der Waals surface area contributed by atoms with Crippen molar-refractivity contribution in [3.63, 3.8) is 0 Å². The Balaban J connectivity index is 1.84. The van der Waals surface area contributed by atoms with Crippen molar-refractivity contribution < 1.29 is 14.6 Å². The summed E-state index contributed by atoms with van der Waals surface area (Å²) >= 11 is 1.51. The largest absolute Gasteiger partial charge is 0.493 e. The third-order valence-corrected chi connectivity index (χ3v) is 6.87. The molecule has 0 unspecified atom stereocenters. The molecule has 3 atom stereocenters. The molecule has 30 heavy (non-hydrogen) atoms. The zero-order valence-corrected chi connectivity index (χ0v) is 19.1. The van der Waals surface area contributed by atoms with Crippen molar-refractivity contribution in [2.24, 2.45) is 11.8 Å². The number of aromatic nitrogens is 3. The predicted molar refractivity (Wildman–Crippen MR) is 118 cm³/mol. The van der Waals surface area contributed by atoms with Gasteiger partial charge in [0.2, 0.25) is 10.8 Å². The Morgan fingerprint density at radius 1 is 1.17 bits per heavy atom. The number of nitrogens with zero attached hydrogens (tertiary/aromatic N) is 4. The zero-order valence-electron chi connectivity index (χ0n) is 18.3. The second-order valence-corrected chi connectivity index (χ2v) is 9.29. The fourth-order valence-electron chi connectivity index (χ4n) is 4.59. The first kappa shape index (κ1) is 20.9. The molecule has 1 aromatic carbocycles. The van der Waals surface area contributed by atoms with Gasteiger partial charge in [-0.2, -0.15) is 4.52 Å². The lowest BCUT2D eigenvalue weighted by Gasteiger charge is -2.40. The summed E-state index contributed by atoms with van der Waals surface area (Å²) in [5, 5.41) is 15.6. The Bertz CT molecular complexity index is 1020. The van der Waals surface area contributed by atoms with Gasteiger partial charge in [-0.3, -0.25) is 4.90 Å². The van der Waals surface area contributed by atoms with E-state index in [2.05, 4.69) is 34.9 Å². The van der Waals surface area contributed by atoms with Crippen molar-refractivity contribution >= 4 is 16.3 Å². The molecule has 4 rings (SSSR count). The van der Waals surface area contributed by atoms with Crippen LogP contribution in [0.1, 0.15) is 49.5 Å². The van der Waals surface area contributed by atoms with Crippen molar-refractivity contribution in [2.45, 2.75) is 39.7 Å². The highest BCUT2D eigenvalue weighted by atomic mass is 32.1. The van der Waals surface area contributed by atoms with Gasteiger partial charge in [-0.1, -0.05) is 38.2 Å². The lowest BCUT2D eigenvalue weighted by atomic mass is 9.89. The molecule has 0 radical (unpaired) electrons. The van der Waals surface area contributed by atoms with Crippen LogP contribution < -0.4 is 9.47 Å². The molecule has 0 aliphatic carbocycles. The molecular weight excluding hydrogens is 400 g/mol. The average Bonchev–Trinajstić information content (AvgIpc) is 3.26. The summed E-state index contributed by atoms with van der Waals surface area (Å²) in [6.45, 7) is 8.54. The smallest absolute Gasteiger partial charge is 0.230 e. The van der Waals surface area contributed by atoms with E-state index in [1.807, 2.05) is 19.1 Å². The zero-order chi connectivity index (χ0) is 21.4. The standard InChI is InChI=1S/C22H30N4O3S/c1-6-18-23-22-26(24-18)21(27)20(30-22)19(25-11-13(2)9-14(3)12-25)15-7-8-16(28-4)17(10-15)29-5/h7-8,10,13-14,19,27H,6,9,11-12H2,1-5H3/t13-,14-,19+/m1/s1. The van der Waals surface area contributed by atoms with Gasteiger partial charge in [0.05, 0.1) is 25.1 Å². The van der Waals surface area contributed by atoms with E-state index in [0.717, 1.165) is 40.7 Å². The van der Waals surface area contributed by atoms with E-state index in [1.54, 1.807) is 18.7 Å². The van der Waals surface area contributed by atoms with Crippen LogP contribution in [0.4, 0.5) is 0 Å². The third-order valence-electron chi connectivity index (χ3n) is 5.79. The number of aromatic hydroxyl groups is 1. The van der Waals surface area contributed by atoms with Crippen LogP contribution in [0.15, 0.2) is 18.2 Å². The Morgan fingerprint density at radius 2 is 1.87 bits per heavy atom. The molecule has 162 valence electrons. The van der Waals surface area contributed by atoms with Crippen LogP contribution in [0.5, 0.6) is 17.4 Å². The summed E-state index contributed by atoms with van der Waals surface area (Å²) in [5.74, 6) is 3.48. The number of piperidine rings is 1. The minimum atomic E-state index is -0.103. The Kier molecular flexibility index (Phi) is 5.88. The number of hydrogen-bond donors (Lipinski definition) is 1. The lowest BCUT2D eigenvalue weighted by Crippen LogP contribution is -2.41. The van der Waals surface area contributed by atoms with Gasteiger partial charge in [0, 0.05) is 19.5 Å². The van der Waals surface area contributed by atoms with Gasteiger partial charge in [0.15, 0.2) is 17.3 Å². The molecular formula is C22H30N4O3S. The van der Waals surface area contributed by atoms with E-state index in [4.69, 9.17) is 9.47 Å². The lowest BCUT2D eigenvalue weighted by molar-refractivity contribution is 0.111. The van der Waals surface area contributed by atoms with Crippen LogP contribution in [0.2, 0.25) is 0 Å². The maximum absolute atomic E-state index is 11.1. The summed E-state index contributed by atoms with van der Waals surface area (Å²) in [7, 11) is 3.29. The molecule has 1 N–H and O–H groups in total. The highest BCUT2D eigenvalue weighted by molar-refractivity contribution is 7.17. The quantitative estimate of drug-likeness (QED) is 0.634. The highest BCUT2D eigenvalue weighted by Crippen LogP contribution is 2.43. The van der Waals surface area contributed by atoms with E-state index in [0.29, 0.717) is 23.3 Å². The molecule has 0 saturated carbocycles. The molecule has 1 fully saturated rings. The van der Waals surface area contributed by atoms with Crippen LogP contribution >= 0.6 is 11.3 Å². The average molecular weight is 431 g/mol. The summed E-state index contributed by atoms with van der Waals surface area (Å²) < 4.78 is 12.6. The number of hydrogen-bond acceptors (Lipinski definition) is 7. The number of methoxy groups -OCH3 is 2. The first-order chi connectivity index (χ1) is 14.4. The molecule has 1 saturated heterocycles. The van der Waals surface area contributed by atoms with E-state index < -0.39 is 0 Å². The van der Waals surface area contributed by atoms with Gasteiger partial charge in [0.25, 0.3) is 0 Å². The normalized spacial score (nSPS) is 21.1. The first-order valence-corrected chi connectivity index (χ1v) is 11.3. The van der Waals surface area contributed by atoms with Gasteiger partial charge in [-0.25, -0.2) is 4.98 Å². The molecule has 1 aliphatic heterocycles. The van der Waals surface area contributed by atoms with E-state index >= 15 is 0 Å². The maximum atomic E-state index is 11.1. The molecule has 3 aromatic rings. The van der Waals surface area contributed by atoms with Crippen molar-refractivity contribution in [3.05, 3.63) is 34.5 Å². The second-order valence-electron chi connectivity index (χ2n) is 8.28. The Hall–Kier alpha value is -2.32. The van der Waals surface area contributed by atoms with Gasteiger partial charge in [-0.05, 0) is 36.0 Å². The molecule has 2 aromatic heterocycles. The fourth-order valence-corrected chi connectivity index (χ4v) is 5.73. The number of benzene rings is 1. The Morgan fingerprint density at radius 3 is 2.47 bits per heavy atom. The number of likely N-dealkylation sites (tertiary alicyclic amines) is 1. The van der Waals surface area contributed by atoms with Crippen LogP contribution in [0.25, 0.3) is 4.96 Å². The summed E-state index contributed by atoms with van der Waals surface area (Å²) in [6, 6.07) is 5.90. The van der Waals surface area contributed by atoms with Crippen LogP contribution in [0, 0.1) is 11.8 Å². The number of ether oxygens (including phenoxy) is 2. The second kappa shape index (κ2) is 8.43. The third kappa shape index (κ3) is 3.74. The van der Waals surface area contributed by atoms with E-state index in [9.17, 15) is 5.11 Å². The minimum absolute atomic E-state index is 0.103. The number of fused-ring (bicyclic) bond motifs is 1. The number of thiazole rings is 1. The predicted octanol–water partition coefficient (Wildman–Crippen LogP) is 4.14. The molecule has 7 nitrogen and oxygen atoms in total. The summed E-state index contributed by atoms with van der Waals surface area (Å²) in [5.41, 5.74) is 1.06. The van der Waals surface area contributed by atoms with Crippen molar-refractivity contribution in [3.8, 4) is 17.4 Å². The molecule has 8 heteroatoms. The summed E-state index contributed by atoms with van der Waals surface area (Å²) in [6.07, 6.45) is 1.96. The molecule has 3 heterocycles. The van der Waals surface area contributed by atoms with Crippen LogP contribution in [-0.4, -0.2) is 51.9 Å². The topological polar surface area (TPSA) is 72.1 Å². The molecule has 0 spiro atoms.